The summed E-state index contributed by atoms with van der Waals surface area (Å²) in [4.78, 5) is 5.09. The van der Waals surface area contributed by atoms with Crippen LogP contribution in [0.25, 0.3) is 0 Å². The summed E-state index contributed by atoms with van der Waals surface area (Å²) in [6.45, 7) is 4.49. The van der Waals surface area contributed by atoms with E-state index in [1.165, 1.54) is 59.3 Å². The first-order chi connectivity index (χ1) is 17.2. The Morgan fingerprint density at radius 2 is 0.771 bits per heavy atom. The molecule has 4 heterocycles. The summed E-state index contributed by atoms with van der Waals surface area (Å²) in [7, 11) is 7.25. The molecule has 0 saturated heterocycles. The number of hydrogen-bond donors (Lipinski definition) is 0. The van der Waals surface area contributed by atoms with Gasteiger partial charge < -0.3 is 28.7 Å². The van der Waals surface area contributed by atoms with Crippen molar-refractivity contribution in [3.63, 3.8) is 0 Å². The van der Waals surface area contributed by atoms with E-state index in [0.29, 0.717) is 6.42 Å². The Kier molecular flexibility index (Phi) is 5.85. The van der Waals surface area contributed by atoms with Crippen LogP contribution in [-0.2, 0) is 32.1 Å². The van der Waals surface area contributed by atoms with Crippen molar-refractivity contribution in [2.45, 2.75) is 57.8 Å². The molecule has 0 radical (unpaired) electrons. The standard InChI is InChI=1S/C29H38N2O4/c1-32-26-18-9-5-13-30-14-6-10-19(24(18)30)27(33-2)22(26)17-23-28(34-3)20-11-7-15-31-16-8-12-21(25(20)31)29(23)35-4/h5-17H2,1-4H3. The van der Waals surface area contributed by atoms with Gasteiger partial charge >= 0.3 is 0 Å². The van der Waals surface area contributed by atoms with Gasteiger partial charge in [0.15, 0.2) is 0 Å². The van der Waals surface area contributed by atoms with Crippen molar-refractivity contribution in [3.8, 4) is 23.0 Å². The van der Waals surface area contributed by atoms with E-state index in [2.05, 4.69) is 9.80 Å². The van der Waals surface area contributed by atoms with Crippen molar-refractivity contribution in [1.29, 1.82) is 0 Å². The first-order valence-electron chi connectivity index (χ1n) is 13.3. The lowest BCUT2D eigenvalue weighted by Gasteiger charge is -2.40. The van der Waals surface area contributed by atoms with Crippen LogP contribution >= 0.6 is 0 Å². The molecule has 0 aliphatic carbocycles. The maximum absolute atomic E-state index is 6.18. The maximum atomic E-state index is 6.18. The van der Waals surface area contributed by atoms with Crippen molar-refractivity contribution in [2.24, 2.45) is 0 Å². The van der Waals surface area contributed by atoms with Crippen LogP contribution in [0.5, 0.6) is 23.0 Å². The highest BCUT2D eigenvalue weighted by molar-refractivity contribution is 5.78. The van der Waals surface area contributed by atoms with Gasteiger partial charge in [0.2, 0.25) is 0 Å². The lowest BCUT2D eigenvalue weighted by Crippen LogP contribution is -2.35. The lowest BCUT2D eigenvalue weighted by molar-refractivity contribution is 0.367. The van der Waals surface area contributed by atoms with E-state index >= 15 is 0 Å². The Balaban J connectivity index is 1.59. The molecule has 2 aromatic carbocycles. The monoisotopic (exact) mass is 478 g/mol. The molecule has 188 valence electrons. The molecule has 0 unspecified atom stereocenters. The van der Waals surface area contributed by atoms with Crippen LogP contribution in [0.3, 0.4) is 0 Å². The molecule has 6 nitrogen and oxygen atoms in total. The highest BCUT2D eigenvalue weighted by Crippen LogP contribution is 2.53. The minimum absolute atomic E-state index is 0.680. The van der Waals surface area contributed by atoms with E-state index in [-0.39, 0.29) is 0 Å². The first-order valence-corrected chi connectivity index (χ1v) is 13.3. The van der Waals surface area contributed by atoms with E-state index in [0.717, 1.165) is 86.0 Å². The smallest absolute Gasteiger partial charge is 0.131 e. The molecule has 0 N–H and O–H groups in total. The van der Waals surface area contributed by atoms with Crippen molar-refractivity contribution >= 4 is 11.4 Å². The van der Waals surface area contributed by atoms with Crippen molar-refractivity contribution in [2.75, 3.05) is 64.4 Å². The maximum Gasteiger partial charge on any atom is 0.131 e. The molecule has 0 amide bonds. The van der Waals surface area contributed by atoms with Crippen LogP contribution < -0.4 is 28.7 Å². The fraction of sp³-hybridized carbons (Fsp3) is 0.586. The Hall–Kier alpha value is -2.76. The first kappa shape index (κ1) is 22.7. The number of ether oxygens (including phenoxy) is 4. The second kappa shape index (κ2) is 9.03. The summed E-state index contributed by atoms with van der Waals surface area (Å²) in [5.41, 5.74) is 10.4. The molecule has 0 atom stereocenters. The summed E-state index contributed by atoms with van der Waals surface area (Å²) in [6, 6.07) is 0. The molecule has 4 aliphatic rings. The van der Waals surface area contributed by atoms with Crippen molar-refractivity contribution in [3.05, 3.63) is 33.4 Å². The lowest BCUT2D eigenvalue weighted by atomic mass is 9.83. The van der Waals surface area contributed by atoms with Gasteiger partial charge in [-0.15, -0.1) is 0 Å². The molecule has 6 rings (SSSR count). The zero-order valence-corrected chi connectivity index (χ0v) is 21.7. The third kappa shape index (κ3) is 3.35. The number of nitrogens with zero attached hydrogens (tertiary/aromatic N) is 2. The highest BCUT2D eigenvalue weighted by atomic mass is 16.5. The van der Waals surface area contributed by atoms with Crippen LogP contribution in [0.1, 0.15) is 59.1 Å². The highest BCUT2D eigenvalue weighted by Gasteiger charge is 2.36. The predicted octanol–water partition coefficient (Wildman–Crippen LogP) is 4.71. The second-order valence-corrected chi connectivity index (χ2v) is 10.3. The van der Waals surface area contributed by atoms with E-state index in [1.807, 2.05) is 28.4 Å². The van der Waals surface area contributed by atoms with E-state index in [4.69, 9.17) is 18.9 Å². The molecule has 0 bridgehead atoms. The van der Waals surface area contributed by atoms with Gasteiger partial charge in [-0.25, -0.2) is 0 Å². The van der Waals surface area contributed by atoms with E-state index < -0.39 is 0 Å². The minimum Gasteiger partial charge on any atom is -0.496 e. The number of anilines is 2. The fourth-order valence-electron chi connectivity index (χ4n) is 7.36. The van der Waals surface area contributed by atoms with Crippen molar-refractivity contribution < 1.29 is 18.9 Å². The van der Waals surface area contributed by atoms with E-state index in [9.17, 15) is 0 Å². The van der Waals surface area contributed by atoms with Gasteiger partial charge in [0.25, 0.3) is 0 Å². The molecule has 0 fully saturated rings. The SMILES string of the molecule is COc1c(Cc2c(OC)c3c4c(c2OC)CCCN4CCC3)c(OC)c2c3c1CCCN3CCC2. The third-order valence-corrected chi connectivity index (χ3v) is 8.56. The van der Waals surface area contributed by atoms with Crippen molar-refractivity contribution in [1.82, 2.24) is 0 Å². The number of methoxy groups -OCH3 is 4. The van der Waals surface area contributed by atoms with Gasteiger partial charge in [0, 0.05) is 66.0 Å². The molecule has 0 aromatic heterocycles. The van der Waals surface area contributed by atoms with Gasteiger partial charge in [0.05, 0.1) is 39.8 Å². The normalized spacial score (nSPS) is 18.1. The summed E-state index contributed by atoms with van der Waals surface area (Å²) >= 11 is 0. The van der Waals surface area contributed by atoms with Crippen LogP contribution in [0, 0.1) is 0 Å². The molecule has 6 heteroatoms. The Labute approximate surface area is 209 Å². The number of rotatable bonds is 6. The Bertz CT molecular complexity index is 991. The molecular formula is C29H38N2O4. The number of benzene rings is 2. The molecule has 2 aromatic rings. The quantitative estimate of drug-likeness (QED) is 0.599. The zero-order valence-electron chi connectivity index (χ0n) is 21.7. The largest absolute Gasteiger partial charge is 0.496 e. The molecular weight excluding hydrogens is 440 g/mol. The second-order valence-electron chi connectivity index (χ2n) is 10.3. The van der Waals surface area contributed by atoms with Crippen LogP contribution in [0.15, 0.2) is 0 Å². The zero-order chi connectivity index (χ0) is 24.1. The van der Waals surface area contributed by atoms with Crippen LogP contribution in [0.2, 0.25) is 0 Å². The predicted molar refractivity (Wildman–Crippen MR) is 140 cm³/mol. The molecule has 0 saturated carbocycles. The van der Waals surface area contributed by atoms with Crippen LogP contribution in [-0.4, -0.2) is 54.6 Å². The molecule has 35 heavy (non-hydrogen) atoms. The summed E-state index contributed by atoms with van der Waals surface area (Å²) in [5, 5.41) is 0. The van der Waals surface area contributed by atoms with Gasteiger partial charge in [-0.2, -0.15) is 0 Å². The molecule has 0 spiro atoms. The summed E-state index contributed by atoms with van der Waals surface area (Å²) < 4.78 is 24.7. The average Bonchev–Trinajstić information content (AvgIpc) is 2.90. The summed E-state index contributed by atoms with van der Waals surface area (Å²) in [5.74, 6) is 3.96. The minimum atomic E-state index is 0.680. The fourth-order valence-corrected chi connectivity index (χ4v) is 7.36. The third-order valence-electron chi connectivity index (χ3n) is 8.56. The Morgan fingerprint density at radius 1 is 0.486 bits per heavy atom. The molecule has 4 aliphatic heterocycles. The Morgan fingerprint density at radius 3 is 1.03 bits per heavy atom. The van der Waals surface area contributed by atoms with E-state index in [1.54, 1.807) is 0 Å². The number of hydrogen-bond acceptors (Lipinski definition) is 6. The topological polar surface area (TPSA) is 43.4 Å². The van der Waals surface area contributed by atoms with Crippen LogP contribution in [0.4, 0.5) is 11.4 Å². The van der Waals surface area contributed by atoms with Gasteiger partial charge in [-0.1, -0.05) is 0 Å². The average molecular weight is 479 g/mol. The van der Waals surface area contributed by atoms with Gasteiger partial charge in [-0.05, 0) is 51.4 Å². The van der Waals surface area contributed by atoms with Gasteiger partial charge in [-0.3, -0.25) is 0 Å². The van der Waals surface area contributed by atoms with Gasteiger partial charge in [0.1, 0.15) is 23.0 Å². The summed E-state index contributed by atoms with van der Waals surface area (Å²) in [6.07, 6.45) is 9.56.